The first kappa shape index (κ1) is 15.5. The molecule has 3 aromatic rings. The summed E-state index contributed by atoms with van der Waals surface area (Å²) in [5.74, 6) is 1.33. The van der Waals surface area contributed by atoms with Crippen LogP contribution in [0.2, 0.25) is 0 Å². The van der Waals surface area contributed by atoms with Crippen LogP contribution < -0.4 is 14.8 Å². The second kappa shape index (κ2) is 6.47. The summed E-state index contributed by atoms with van der Waals surface area (Å²) in [6.07, 6.45) is 3.58. The molecule has 128 valence electrons. The van der Waals surface area contributed by atoms with Crippen LogP contribution in [-0.4, -0.2) is 22.1 Å². The Labute approximate surface area is 145 Å². The zero-order valence-corrected chi connectivity index (χ0v) is 14.0. The third kappa shape index (κ3) is 2.91. The summed E-state index contributed by atoms with van der Waals surface area (Å²) in [5.41, 5.74) is 3.19. The Morgan fingerprint density at radius 2 is 2.12 bits per heavy atom. The van der Waals surface area contributed by atoms with Crippen LogP contribution in [0, 0.1) is 0 Å². The molecule has 6 heteroatoms. The normalized spacial score (nSPS) is 12.5. The molecule has 1 aliphatic heterocycles. The van der Waals surface area contributed by atoms with Gasteiger partial charge in [0.05, 0.1) is 5.69 Å². The standard InChI is InChI=1S/C19H19N3O3/c1-2-5-14-18(22-9-4-3-6-17(22)21-14)19(23)20-11-13-7-8-15-16(10-13)25-12-24-15/h3-4,6-10H,2,5,11-12H2,1H3,(H,20,23). The van der Waals surface area contributed by atoms with E-state index in [9.17, 15) is 4.79 Å². The Bertz CT molecular complexity index is 933. The Hall–Kier alpha value is -3.02. The molecule has 6 nitrogen and oxygen atoms in total. The summed E-state index contributed by atoms with van der Waals surface area (Å²) in [4.78, 5) is 17.4. The number of aromatic nitrogens is 2. The summed E-state index contributed by atoms with van der Waals surface area (Å²) < 4.78 is 12.5. The van der Waals surface area contributed by atoms with Gasteiger partial charge in [0.15, 0.2) is 11.5 Å². The number of aryl methyl sites for hydroxylation is 1. The zero-order chi connectivity index (χ0) is 17.2. The Morgan fingerprint density at radius 1 is 1.24 bits per heavy atom. The van der Waals surface area contributed by atoms with E-state index >= 15 is 0 Å². The number of carbonyl (C=O) groups excluding carboxylic acids is 1. The maximum Gasteiger partial charge on any atom is 0.270 e. The van der Waals surface area contributed by atoms with Gasteiger partial charge in [-0.15, -0.1) is 0 Å². The fourth-order valence-electron chi connectivity index (χ4n) is 3.01. The van der Waals surface area contributed by atoms with Gasteiger partial charge < -0.3 is 14.8 Å². The van der Waals surface area contributed by atoms with E-state index in [0.717, 1.165) is 35.5 Å². The van der Waals surface area contributed by atoms with Crippen molar-refractivity contribution in [3.05, 3.63) is 59.5 Å². The molecule has 0 aliphatic carbocycles. The van der Waals surface area contributed by atoms with Crippen LogP contribution in [0.25, 0.3) is 5.65 Å². The topological polar surface area (TPSA) is 64.9 Å². The summed E-state index contributed by atoms with van der Waals surface area (Å²) in [7, 11) is 0. The van der Waals surface area contributed by atoms with E-state index in [1.165, 1.54) is 0 Å². The van der Waals surface area contributed by atoms with E-state index in [0.29, 0.717) is 18.0 Å². The van der Waals surface area contributed by atoms with Crippen LogP contribution in [0.5, 0.6) is 11.5 Å². The lowest BCUT2D eigenvalue weighted by Crippen LogP contribution is -2.25. The van der Waals surface area contributed by atoms with Crippen molar-refractivity contribution in [2.45, 2.75) is 26.3 Å². The van der Waals surface area contributed by atoms with E-state index in [1.807, 2.05) is 47.0 Å². The van der Waals surface area contributed by atoms with Gasteiger partial charge in [-0.1, -0.05) is 25.5 Å². The first-order valence-electron chi connectivity index (χ1n) is 8.39. The number of amides is 1. The quantitative estimate of drug-likeness (QED) is 0.777. The van der Waals surface area contributed by atoms with Gasteiger partial charge in [-0.25, -0.2) is 4.98 Å². The molecule has 0 bridgehead atoms. The number of imidazole rings is 1. The number of rotatable bonds is 5. The highest BCUT2D eigenvalue weighted by Gasteiger charge is 2.19. The van der Waals surface area contributed by atoms with Crippen molar-refractivity contribution in [3.8, 4) is 11.5 Å². The van der Waals surface area contributed by atoms with Gasteiger partial charge in [0, 0.05) is 12.7 Å². The minimum Gasteiger partial charge on any atom is -0.454 e. The van der Waals surface area contributed by atoms with Gasteiger partial charge in [-0.3, -0.25) is 9.20 Å². The highest BCUT2D eigenvalue weighted by Crippen LogP contribution is 2.32. The summed E-state index contributed by atoms with van der Waals surface area (Å²) in [5, 5.41) is 2.99. The predicted molar refractivity (Wildman–Crippen MR) is 92.9 cm³/mol. The smallest absolute Gasteiger partial charge is 0.270 e. The first-order chi connectivity index (χ1) is 12.3. The lowest BCUT2D eigenvalue weighted by molar-refractivity contribution is 0.0944. The number of benzene rings is 1. The van der Waals surface area contributed by atoms with Gasteiger partial charge in [0.1, 0.15) is 11.3 Å². The van der Waals surface area contributed by atoms with Crippen molar-refractivity contribution >= 4 is 11.6 Å². The van der Waals surface area contributed by atoms with Gasteiger partial charge >= 0.3 is 0 Å². The van der Waals surface area contributed by atoms with E-state index in [1.54, 1.807) is 0 Å². The number of pyridine rings is 1. The third-order valence-electron chi connectivity index (χ3n) is 4.19. The lowest BCUT2D eigenvalue weighted by Gasteiger charge is -2.08. The molecule has 0 radical (unpaired) electrons. The van der Waals surface area contributed by atoms with E-state index in [4.69, 9.17) is 9.47 Å². The predicted octanol–water partition coefficient (Wildman–Crippen LogP) is 2.95. The van der Waals surface area contributed by atoms with Crippen LogP contribution in [0.15, 0.2) is 42.6 Å². The Morgan fingerprint density at radius 3 is 3.00 bits per heavy atom. The average Bonchev–Trinajstić information content (AvgIpc) is 3.23. The second-order valence-electron chi connectivity index (χ2n) is 5.96. The van der Waals surface area contributed by atoms with Crippen molar-refractivity contribution in [2.75, 3.05) is 6.79 Å². The maximum absolute atomic E-state index is 12.8. The van der Waals surface area contributed by atoms with E-state index in [-0.39, 0.29) is 12.7 Å². The van der Waals surface area contributed by atoms with Gasteiger partial charge in [-0.2, -0.15) is 0 Å². The maximum atomic E-state index is 12.8. The SMILES string of the molecule is CCCc1nc2ccccn2c1C(=O)NCc1ccc2c(c1)OCO2. The molecule has 1 amide bonds. The molecular weight excluding hydrogens is 318 g/mol. The fraction of sp³-hybridized carbons (Fsp3) is 0.263. The number of carbonyl (C=O) groups is 1. The molecule has 1 N–H and O–H groups in total. The molecule has 0 saturated heterocycles. The molecule has 0 unspecified atom stereocenters. The minimum absolute atomic E-state index is 0.125. The molecule has 1 aromatic carbocycles. The van der Waals surface area contributed by atoms with Crippen molar-refractivity contribution in [1.29, 1.82) is 0 Å². The minimum atomic E-state index is -0.125. The molecule has 3 heterocycles. The van der Waals surface area contributed by atoms with E-state index < -0.39 is 0 Å². The first-order valence-corrected chi connectivity index (χ1v) is 8.39. The molecule has 2 aromatic heterocycles. The molecule has 0 atom stereocenters. The lowest BCUT2D eigenvalue weighted by atomic mass is 10.2. The van der Waals surface area contributed by atoms with Crippen LogP contribution in [0.1, 0.15) is 35.1 Å². The Balaban J connectivity index is 1.56. The van der Waals surface area contributed by atoms with Gasteiger partial charge in [-0.05, 0) is 36.2 Å². The van der Waals surface area contributed by atoms with Crippen LogP contribution in [0.3, 0.4) is 0 Å². The number of hydrogen-bond donors (Lipinski definition) is 1. The summed E-state index contributed by atoms with van der Waals surface area (Å²) in [6, 6.07) is 11.4. The van der Waals surface area contributed by atoms with Crippen LogP contribution >= 0.6 is 0 Å². The average molecular weight is 337 g/mol. The Kier molecular flexibility index (Phi) is 4.01. The fourth-order valence-corrected chi connectivity index (χ4v) is 3.01. The highest BCUT2D eigenvalue weighted by molar-refractivity contribution is 5.94. The number of nitrogens with one attached hydrogen (secondary N) is 1. The second-order valence-corrected chi connectivity index (χ2v) is 5.96. The molecule has 1 aliphatic rings. The van der Waals surface area contributed by atoms with Crippen molar-refractivity contribution < 1.29 is 14.3 Å². The van der Waals surface area contributed by atoms with Crippen molar-refractivity contribution in [2.24, 2.45) is 0 Å². The molecule has 0 saturated carbocycles. The summed E-state index contributed by atoms with van der Waals surface area (Å²) in [6.45, 7) is 2.74. The van der Waals surface area contributed by atoms with Gasteiger partial charge in [0.2, 0.25) is 6.79 Å². The van der Waals surface area contributed by atoms with E-state index in [2.05, 4.69) is 17.2 Å². The van der Waals surface area contributed by atoms with Crippen molar-refractivity contribution in [1.82, 2.24) is 14.7 Å². The largest absolute Gasteiger partial charge is 0.454 e. The number of fused-ring (bicyclic) bond motifs is 2. The highest BCUT2D eigenvalue weighted by atomic mass is 16.7. The van der Waals surface area contributed by atoms with Crippen LogP contribution in [-0.2, 0) is 13.0 Å². The third-order valence-corrected chi connectivity index (χ3v) is 4.19. The molecule has 25 heavy (non-hydrogen) atoms. The molecule has 0 spiro atoms. The number of ether oxygens (including phenoxy) is 2. The molecular formula is C19H19N3O3. The van der Waals surface area contributed by atoms with Crippen LogP contribution in [0.4, 0.5) is 0 Å². The molecule has 4 rings (SSSR count). The van der Waals surface area contributed by atoms with Crippen molar-refractivity contribution in [3.63, 3.8) is 0 Å². The number of nitrogens with zero attached hydrogens (tertiary/aromatic N) is 2. The molecule has 0 fully saturated rings. The monoisotopic (exact) mass is 337 g/mol. The zero-order valence-electron chi connectivity index (χ0n) is 14.0. The summed E-state index contributed by atoms with van der Waals surface area (Å²) >= 11 is 0. The van der Waals surface area contributed by atoms with Gasteiger partial charge in [0.25, 0.3) is 5.91 Å². The number of hydrogen-bond acceptors (Lipinski definition) is 4.